The fourth-order valence-corrected chi connectivity index (χ4v) is 2.20. The molecule has 0 saturated heterocycles. The van der Waals surface area contributed by atoms with Gasteiger partial charge in [0.25, 0.3) is 0 Å². The quantitative estimate of drug-likeness (QED) is 0.725. The van der Waals surface area contributed by atoms with E-state index in [4.69, 9.17) is 9.47 Å². The van der Waals surface area contributed by atoms with E-state index in [0.29, 0.717) is 19.1 Å². The van der Waals surface area contributed by atoms with Gasteiger partial charge < -0.3 is 9.47 Å². The Morgan fingerprint density at radius 2 is 1.50 bits per heavy atom. The van der Waals surface area contributed by atoms with Gasteiger partial charge in [0.05, 0.1) is 0 Å². The Balaban J connectivity index is 2.94. The Bertz CT molecular complexity index is 320. The molecule has 0 fully saturated rings. The SMILES string of the molecule is CC(C)CC1(C(C)C)COC(=O)/C=C\C(=O)OC1. The van der Waals surface area contributed by atoms with Crippen LogP contribution in [-0.2, 0) is 19.1 Å². The highest BCUT2D eigenvalue weighted by molar-refractivity contribution is 5.91. The maximum Gasteiger partial charge on any atom is 0.331 e. The van der Waals surface area contributed by atoms with Crippen molar-refractivity contribution < 1.29 is 19.1 Å². The monoisotopic (exact) mass is 254 g/mol. The van der Waals surface area contributed by atoms with Crippen LogP contribution in [0.1, 0.15) is 34.1 Å². The number of rotatable bonds is 3. The summed E-state index contributed by atoms with van der Waals surface area (Å²) in [7, 11) is 0. The van der Waals surface area contributed by atoms with E-state index in [1.54, 1.807) is 0 Å². The maximum absolute atomic E-state index is 11.4. The first-order valence-corrected chi connectivity index (χ1v) is 6.37. The fourth-order valence-electron chi connectivity index (χ4n) is 2.20. The van der Waals surface area contributed by atoms with Gasteiger partial charge in [0, 0.05) is 17.6 Å². The molecule has 0 aliphatic carbocycles. The molecule has 1 heterocycles. The van der Waals surface area contributed by atoms with Crippen molar-refractivity contribution in [2.24, 2.45) is 17.3 Å². The number of esters is 2. The molecule has 0 spiro atoms. The van der Waals surface area contributed by atoms with Gasteiger partial charge in [0.15, 0.2) is 0 Å². The van der Waals surface area contributed by atoms with Gasteiger partial charge in [-0.15, -0.1) is 0 Å². The summed E-state index contributed by atoms with van der Waals surface area (Å²) < 4.78 is 10.5. The highest BCUT2D eigenvalue weighted by Crippen LogP contribution is 2.36. The number of cyclic esters (lactones) is 2. The molecule has 0 amide bonds. The molecule has 1 rings (SSSR count). The van der Waals surface area contributed by atoms with Crippen molar-refractivity contribution in [2.45, 2.75) is 34.1 Å². The Morgan fingerprint density at radius 1 is 1.06 bits per heavy atom. The molecular weight excluding hydrogens is 232 g/mol. The Hall–Kier alpha value is -1.32. The van der Waals surface area contributed by atoms with Crippen LogP contribution in [0.15, 0.2) is 12.2 Å². The zero-order chi connectivity index (χ0) is 13.8. The zero-order valence-electron chi connectivity index (χ0n) is 11.6. The van der Waals surface area contributed by atoms with Crippen molar-refractivity contribution in [2.75, 3.05) is 13.2 Å². The molecule has 0 saturated carbocycles. The summed E-state index contributed by atoms with van der Waals surface area (Å²) in [6, 6.07) is 0. The largest absolute Gasteiger partial charge is 0.462 e. The third kappa shape index (κ3) is 3.86. The molecule has 0 aromatic rings. The molecule has 4 heteroatoms. The lowest BCUT2D eigenvalue weighted by atomic mass is 9.73. The highest BCUT2D eigenvalue weighted by atomic mass is 16.5. The average Bonchev–Trinajstić information content (AvgIpc) is 2.34. The van der Waals surface area contributed by atoms with E-state index in [9.17, 15) is 9.59 Å². The van der Waals surface area contributed by atoms with Crippen LogP contribution >= 0.6 is 0 Å². The molecule has 0 aromatic carbocycles. The van der Waals surface area contributed by atoms with Gasteiger partial charge >= 0.3 is 11.9 Å². The molecule has 0 atom stereocenters. The van der Waals surface area contributed by atoms with E-state index in [0.717, 1.165) is 18.6 Å². The van der Waals surface area contributed by atoms with Crippen molar-refractivity contribution in [1.82, 2.24) is 0 Å². The van der Waals surface area contributed by atoms with Gasteiger partial charge in [-0.05, 0) is 18.3 Å². The Kier molecular flexibility index (Phi) is 4.93. The van der Waals surface area contributed by atoms with E-state index in [-0.39, 0.29) is 11.3 Å². The summed E-state index contributed by atoms with van der Waals surface area (Å²) in [4.78, 5) is 22.8. The second-order valence-corrected chi connectivity index (χ2v) is 5.66. The second-order valence-electron chi connectivity index (χ2n) is 5.66. The van der Waals surface area contributed by atoms with Crippen LogP contribution in [0.2, 0.25) is 0 Å². The predicted molar refractivity (Wildman–Crippen MR) is 67.8 cm³/mol. The van der Waals surface area contributed by atoms with Crippen molar-refractivity contribution in [1.29, 1.82) is 0 Å². The average molecular weight is 254 g/mol. The maximum atomic E-state index is 11.4. The van der Waals surface area contributed by atoms with E-state index < -0.39 is 11.9 Å². The molecule has 1 aliphatic rings. The molecule has 102 valence electrons. The standard InChI is InChI=1S/C14H22O4/c1-10(2)7-14(11(3)4)8-17-12(15)5-6-13(16)18-9-14/h5-6,10-11H,7-9H2,1-4H3/b6-5-. The lowest BCUT2D eigenvalue weighted by Gasteiger charge is -2.37. The first-order chi connectivity index (χ1) is 8.35. The van der Waals surface area contributed by atoms with Crippen LogP contribution in [0.25, 0.3) is 0 Å². The first kappa shape index (κ1) is 14.7. The van der Waals surface area contributed by atoms with Crippen LogP contribution in [0.5, 0.6) is 0 Å². The van der Waals surface area contributed by atoms with E-state index >= 15 is 0 Å². The van der Waals surface area contributed by atoms with E-state index in [2.05, 4.69) is 27.7 Å². The molecule has 0 aromatic heterocycles. The molecule has 18 heavy (non-hydrogen) atoms. The van der Waals surface area contributed by atoms with Crippen molar-refractivity contribution in [3.63, 3.8) is 0 Å². The molecule has 0 bridgehead atoms. The van der Waals surface area contributed by atoms with E-state index in [1.807, 2.05) is 0 Å². The number of hydrogen-bond donors (Lipinski definition) is 0. The Morgan fingerprint density at radius 3 is 1.83 bits per heavy atom. The minimum atomic E-state index is -0.484. The van der Waals surface area contributed by atoms with Gasteiger partial charge in [0.1, 0.15) is 13.2 Å². The summed E-state index contributed by atoms with van der Waals surface area (Å²) in [6.07, 6.45) is 3.09. The van der Waals surface area contributed by atoms with Gasteiger partial charge in [-0.1, -0.05) is 27.7 Å². The van der Waals surface area contributed by atoms with Gasteiger partial charge in [-0.3, -0.25) is 0 Å². The normalized spacial score (nSPS) is 21.9. The zero-order valence-corrected chi connectivity index (χ0v) is 11.6. The predicted octanol–water partition coefficient (Wildman–Crippen LogP) is 2.33. The van der Waals surface area contributed by atoms with Crippen LogP contribution in [0, 0.1) is 17.3 Å². The van der Waals surface area contributed by atoms with Crippen molar-refractivity contribution in [3.8, 4) is 0 Å². The van der Waals surface area contributed by atoms with Crippen molar-refractivity contribution in [3.05, 3.63) is 12.2 Å². The van der Waals surface area contributed by atoms with Gasteiger partial charge in [0.2, 0.25) is 0 Å². The van der Waals surface area contributed by atoms with Gasteiger partial charge in [-0.2, -0.15) is 0 Å². The molecule has 0 unspecified atom stereocenters. The lowest BCUT2D eigenvalue weighted by Crippen LogP contribution is -2.39. The van der Waals surface area contributed by atoms with Gasteiger partial charge in [-0.25, -0.2) is 9.59 Å². The third-order valence-corrected chi connectivity index (χ3v) is 3.40. The molecule has 4 nitrogen and oxygen atoms in total. The molecule has 1 aliphatic heterocycles. The van der Waals surface area contributed by atoms with Crippen LogP contribution in [-0.4, -0.2) is 25.2 Å². The number of ether oxygens (including phenoxy) is 2. The molecule has 0 radical (unpaired) electrons. The highest BCUT2D eigenvalue weighted by Gasteiger charge is 2.38. The number of carbonyl (C=O) groups is 2. The lowest BCUT2D eigenvalue weighted by molar-refractivity contribution is -0.149. The summed E-state index contributed by atoms with van der Waals surface area (Å²) in [6.45, 7) is 8.93. The smallest absolute Gasteiger partial charge is 0.331 e. The van der Waals surface area contributed by atoms with Crippen LogP contribution in [0.4, 0.5) is 0 Å². The van der Waals surface area contributed by atoms with Crippen LogP contribution in [0.3, 0.4) is 0 Å². The summed E-state index contributed by atoms with van der Waals surface area (Å²) in [5, 5.41) is 0. The molecular formula is C14H22O4. The van der Waals surface area contributed by atoms with Crippen LogP contribution < -0.4 is 0 Å². The third-order valence-electron chi connectivity index (χ3n) is 3.40. The minimum Gasteiger partial charge on any atom is -0.462 e. The molecule has 0 N–H and O–H groups in total. The summed E-state index contributed by atoms with van der Waals surface area (Å²) in [5.74, 6) is -0.262. The fraction of sp³-hybridized carbons (Fsp3) is 0.714. The minimum absolute atomic E-state index is 0.263. The second kappa shape index (κ2) is 6.03. The number of carbonyl (C=O) groups excluding carboxylic acids is 2. The summed E-state index contributed by atoms with van der Waals surface area (Å²) >= 11 is 0. The number of hydrogen-bond acceptors (Lipinski definition) is 4. The topological polar surface area (TPSA) is 52.6 Å². The summed E-state index contributed by atoms with van der Waals surface area (Å²) in [5.41, 5.74) is -0.300. The van der Waals surface area contributed by atoms with E-state index in [1.165, 1.54) is 0 Å². The first-order valence-electron chi connectivity index (χ1n) is 6.37. The Labute approximate surface area is 108 Å². The van der Waals surface area contributed by atoms with Crippen molar-refractivity contribution >= 4 is 11.9 Å².